The van der Waals surface area contributed by atoms with Crippen LogP contribution in [0.4, 0.5) is 0 Å². The van der Waals surface area contributed by atoms with Crippen molar-refractivity contribution in [3.05, 3.63) is 0 Å². The van der Waals surface area contributed by atoms with Crippen LogP contribution >= 0.6 is 29.9 Å². The van der Waals surface area contributed by atoms with Crippen molar-refractivity contribution in [3.8, 4) is 0 Å². The second-order valence-corrected chi connectivity index (χ2v) is 11.8. The van der Waals surface area contributed by atoms with Crippen molar-refractivity contribution in [2.45, 2.75) is 27.7 Å². The molecule has 0 aliphatic carbocycles. The molecule has 0 saturated heterocycles. The van der Waals surface area contributed by atoms with Crippen LogP contribution in [0.1, 0.15) is 27.7 Å². The topological polar surface area (TPSA) is 35.5 Å². The maximum Gasteiger partial charge on any atom is 0.389 e. The SMILES string of the molecule is CCOP(=O)(OCC)SCC[S+](CC)CCSCC. The number of rotatable bonds is 13. The smallest absolute Gasteiger partial charge is 0.301 e. The zero-order chi connectivity index (χ0) is 14.6. The number of hydrogen-bond acceptors (Lipinski definition) is 5. The Morgan fingerprint density at radius 2 is 1.58 bits per heavy atom. The highest BCUT2D eigenvalue weighted by Gasteiger charge is 2.26. The fourth-order valence-corrected chi connectivity index (χ4v) is 8.63. The van der Waals surface area contributed by atoms with Gasteiger partial charge < -0.3 is 9.05 Å². The molecule has 1 atom stereocenters. The molecule has 116 valence electrons. The average molecular weight is 348 g/mol. The lowest BCUT2D eigenvalue weighted by atomic mass is 10.9. The summed E-state index contributed by atoms with van der Waals surface area (Å²) in [6.07, 6.45) is 0. The summed E-state index contributed by atoms with van der Waals surface area (Å²) >= 11 is 3.37. The predicted octanol–water partition coefficient (Wildman–Crippen LogP) is 4.29. The van der Waals surface area contributed by atoms with E-state index in [0.29, 0.717) is 24.1 Å². The van der Waals surface area contributed by atoms with Crippen LogP contribution in [0.2, 0.25) is 0 Å². The number of hydrogen-bond donors (Lipinski definition) is 0. The van der Waals surface area contributed by atoms with E-state index in [9.17, 15) is 4.57 Å². The van der Waals surface area contributed by atoms with Gasteiger partial charge in [0.15, 0.2) is 0 Å². The molecule has 0 radical (unpaired) electrons. The van der Waals surface area contributed by atoms with Crippen LogP contribution in [-0.2, 0) is 24.5 Å². The zero-order valence-corrected chi connectivity index (χ0v) is 15.9. The first-order chi connectivity index (χ1) is 9.11. The van der Waals surface area contributed by atoms with Crippen LogP contribution in [0.15, 0.2) is 0 Å². The van der Waals surface area contributed by atoms with Crippen LogP contribution in [0, 0.1) is 0 Å². The molecule has 0 aliphatic rings. The maximum atomic E-state index is 12.3. The fraction of sp³-hybridized carbons (Fsp3) is 1.00. The van der Waals surface area contributed by atoms with Crippen molar-refractivity contribution < 1.29 is 13.6 Å². The summed E-state index contributed by atoms with van der Waals surface area (Å²) in [6, 6.07) is 0. The Labute approximate surface area is 130 Å². The quantitative estimate of drug-likeness (QED) is 0.282. The van der Waals surface area contributed by atoms with E-state index in [2.05, 4.69) is 13.8 Å². The van der Waals surface area contributed by atoms with Crippen LogP contribution in [-0.4, -0.2) is 47.7 Å². The molecule has 0 rings (SSSR count). The summed E-state index contributed by atoms with van der Waals surface area (Å²) in [7, 11) is 0.451. The van der Waals surface area contributed by atoms with Crippen LogP contribution in [0.25, 0.3) is 0 Å². The van der Waals surface area contributed by atoms with Gasteiger partial charge in [-0.15, -0.1) is 0 Å². The molecule has 0 aromatic carbocycles. The van der Waals surface area contributed by atoms with Crippen LogP contribution < -0.4 is 0 Å². The van der Waals surface area contributed by atoms with Gasteiger partial charge in [0.25, 0.3) is 0 Å². The third-order valence-corrected chi connectivity index (χ3v) is 10.1. The second kappa shape index (κ2) is 12.9. The van der Waals surface area contributed by atoms with E-state index in [-0.39, 0.29) is 0 Å². The summed E-state index contributed by atoms with van der Waals surface area (Å²) in [5.74, 6) is 6.92. The third-order valence-electron chi connectivity index (χ3n) is 2.32. The molecule has 0 saturated carbocycles. The molecule has 7 heteroatoms. The minimum Gasteiger partial charge on any atom is -0.301 e. The van der Waals surface area contributed by atoms with Gasteiger partial charge in [-0.05, 0) is 48.8 Å². The lowest BCUT2D eigenvalue weighted by Gasteiger charge is -2.15. The Morgan fingerprint density at radius 3 is 2.05 bits per heavy atom. The predicted molar refractivity (Wildman–Crippen MR) is 94.0 cm³/mol. The highest BCUT2D eigenvalue weighted by Crippen LogP contribution is 2.60. The Kier molecular flexibility index (Phi) is 13.7. The van der Waals surface area contributed by atoms with Crippen molar-refractivity contribution in [1.29, 1.82) is 0 Å². The Morgan fingerprint density at radius 1 is 1.00 bits per heavy atom. The fourth-order valence-electron chi connectivity index (χ4n) is 1.41. The molecule has 0 spiro atoms. The van der Waals surface area contributed by atoms with Gasteiger partial charge in [0.2, 0.25) is 0 Å². The van der Waals surface area contributed by atoms with Gasteiger partial charge in [0.05, 0.1) is 13.2 Å². The molecule has 3 nitrogen and oxygen atoms in total. The Balaban J connectivity index is 3.97. The van der Waals surface area contributed by atoms with E-state index in [4.69, 9.17) is 9.05 Å². The second-order valence-electron chi connectivity index (χ2n) is 3.62. The first kappa shape index (κ1) is 20.2. The van der Waals surface area contributed by atoms with Crippen LogP contribution in [0.3, 0.4) is 0 Å². The maximum absolute atomic E-state index is 12.3. The van der Waals surface area contributed by atoms with Crippen molar-refractivity contribution in [2.75, 3.05) is 47.7 Å². The summed E-state index contributed by atoms with van der Waals surface area (Å²) in [5, 5.41) is 0. The summed E-state index contributed by atoms with van der Waals surface area (Å²) in [4.78, 5) is 0. The highest BCUT2D eigenvalue weighted by atomic mass is 32.7. The van der Waals surface area contributed by atoms with Gasteiger partial charge in [-0.1, -0.05) is 6.92 Å². The third kappa shape index (κ3) is 10.6. The minimum atomic E-state index is -2.90. The van der Waals surface area contributed by atoms with Gasteiger partial charge >= 0.3 is 6.80 Å². The van der Waals surface area contributed by atoms with Gasteiger partial charge in [-0.3, -0.25) is 0 Å². The van der Waals surface area contributed by atoms with E-state index in [1.165, 1.54) is 34.4 Å². The van der Waals surface area contributed by atoms with Crippen molar-refractivity contribution in [1.82, 2.24) is 0 Å². The van der Waals surface area contributed by atoms with Gasteiger partial charge in [-0.2, -0.15) is 11.8 Å². The molecule has 0 amide bonds. The lowest BCUT2D eigenvalue weighted by molar-refractivity contribution is 0.237. The molecule has 0 N–H and O–H groups in total. The van der Waals surface area contributed by atoms with Crippen molar-refractivity contribution >= 4 is 40.8 Å². The van der Waals surface area contributed by atoms with Gasteiger partial charge in [-0.25, -0.2) is 4.57 Å². The molecular weight excluding hydrogens is 319 g/mol. The first-order valence-electron chi connectivity index (χ1n) is 6.87. The Bertz CT molecular complexity index is 244. The molecule has 0 aliphatic heterocycles. The average Bonchev–Trinajstić information content (AvgIpc) is 2.37. The zero-order valence-electron chi connectivity index (χ0n) is 12.6. The van der Waals surface area contributed by atoms with Gasteiger partial charge in [0.1, 0.15) is 17.3 Å². The van der Waals surface area contributed by atoms with E-state index in [0.717, 1.165) is 11.5 Å². The molecule has 19 heavy (non-hydrogen) atoms. The van der Waals surface area contributed by atoms with E-state index in [1.807, 2.05) is 25.6 Å². The highest BCUT2D eigenvalue weighted by molar-refractivity contribution is 8.55. The molecular formula is C12H28O3PS3+. The van der Waals surface area contributed by atoms with Crippen molar-refractivity contribution in [2.24, 2.45) is 0 Å². The molecule has 0 aromatic rings. The first-order valence-corrected chi connectivity index (χ1v) is 12.9. The summed E-state index contributed by atoms with van der Waals surface area (Å²) in [6.45, 7) is 6.13. The minimum absolute atomic E-state index is 0.441. The monoisotopic (exact) mass is 347 g/mol. The summed E-state index contributed by atoms with van der Waals surface area (Å²) < 4.78 is 22.8. The van der Waals surface area contributed by atoms with E-state index in [1.54, 1.807) is 0 Å². The largest absolute Gasteiger partial charge is 0.389 e. The van der Waals surface area contributed by atoms with E-state index >= 15 is 0 Å². The van der Waals surface area contributed by atoms with E-state index < -0.39 is 6.80 Å². The lowest BCUT2D eigenvalue weighted by Crippen LogP contribution is -2.18. The molecule has 1 unspecified atom stereocenters. The summed E-state index contributed by atoms with van der Waals surface area (Å²) in [5.41, 5.74) is 0. The van der Waals surface area contributed by atoms with Crippen LogP contribution in [0.5, 0.6) is 0 Å². The Hall–Kier alpha value is 1.20. The normalized spacial score (nSPS) is 13.7. The number of thioether (sulfide) groups is 1. The van der Waals surface area contributed by atoms with Crippen molar-refractivity contribution in [3.63, 3.8) is 0 Å². The van der Waals surface area contributed by atoms with Gasteiger partial charge in [0, 0.05) is 11.5 Å². The molecule has 0 fully saturated rings. The molecule has 0 heterocycles. The molecule has 0 bridgehead atoms. The standard InChI is InChI=1S/C12H28O3PS3/c1-5-14-16(13,15-6-2)18-10-12-19(8-4)11-9-17-7-3/h5-12H2,1-4H3/q+1. The molecule has 0 aromatic heterocycles.